The van der Waals surface area contributed by atoms with Crippen molar-refractivity contribution in [2.45, 2.75) is 12.8 Å². The summed E-state index contributed by atoms with van der Waals surface area (Å²) in [4.78, 5) is 0. The maximum atomic E-state index is 10.1. The average molecular weight is 379 g/mol. The fraction of sp³-hybridized carbons (Fsp3) is 0.0833. The molecule has 1 unspecified atom stereocenters. The van der Waals surface area contributed by atoms with E-state index in [-0.39, 0.29) is 5.92 Å². The molecule has 3 heterocycles. The highest BCUT2D eigenvalue weighted by atomic mass is 16.5. The Kier molecular flexibility index (Phi) is 4.03. The van der Waals surface area contributed by atoms with Crippen LogP contribution in [0.15, 0.2) is 89.0 Å². The molecule has 0 N–H and O–H groups in total. The molecule has 0 aliphatic carbocycles. The minimum Gasteiger partial charge on any atom is -0.468 e. The van der Waals surface area contributed by atoms with Crippen LogP contribution in [0.1, 0.15) is 28.5 Å². The lowest BCUT2D eigenvalue weighted by Crippen LogP contribution is -2.16. The summed E-state index contributed by atoms with van der Waals surface area (Å²) in [5.41, 5.74) is 3.88. The van der Waals surface area contributed by atoms with Gasteiger partial charge in [-0.3, -0.25) is 0 Å². The molecule has 0 radical (unpaired) electrons. The van der Waals surface area contributed by atoms with E-state index in [0.717, 1.165) is 22.5 Å². The second-order valence-electron chi connectivity index (χ2n) is 6.82. The molecule has 29 heavy (non-hydrogen) atoms. The van der Waals surface area contributed by atoms with Gasteiger partial charge in [0.05, 0.1) is 40.8 Å². The van der Waals surface area contributed by atoms with Crippen molar-refractivity contribution in [2.75, 3.05) is 0 Å². The first-order chi connectivity index (χ1) is 14.3. The molecule has 0 amide bonds. The topological polar surface area (TPSA) is 64.0 Å². The van der Waals surface area contributed by atoms with Gasteiger partial charge in [0.25, 0.3) is 0 Å². The number of nitriles is 1. The molecule has 0 fully saturated rings. The molecule has 0 bridgehead atoms. The number of fused-ring (bicyclic) bond motifs is 1. The number of allylic oxidation sites excluding steroid dienone is 1. The number of hydrogen-bond acceptors (Lipinski definition) is 4. The summed E-state index contributed by atoms with van der Waals surface area (Å²) in [5.74, 6) is 1.44. The van der Waals surface area contributed by atoms with Gasteiger partial charge in [-0.15, -0.1) is 0 Å². The van der Waals surface area contributed by atoms with E-state index in [9.17, 15) is 5.26 Å². The van der Waals surface area contributed by atoms with E-state index in [0.29, 0.717) is 23.0 Å². The number of furan rings is 1. The lowest BCUT2D eigenvalue weighted by Gasteiger charge is -2.25. The van der Waals surface area contributed by atoms with Crippen LogP contribution in [-0.2, 0) is 0 Å². The molecule has 5 heteroatoms. The zero-order valence-corrected chi connectivity index (χ0v) is 15.7. The zero-order valence-electron chi connectivity index (χ0n) is 15.7. The van der Waals surface area contributed by atoms with Crippen molar-refractivity contribution in [3.8, 4) is 17.6 Å². The summed E-state index contributed by atoms with van der Waals surface area (Å²) in [6.45, 7) is 1.93. The largest absolute Gasteiger partial charge is 0.468 e. The van der Waals surface area contributed by atoms with Crippen LogP contribution in [0.25, 0.3) is 11.4 Å². The Morgan fingerprint density at radius 1 is 0.966 bits per heavy atom. The van der Waals surface area contributed by atoms with Gasteiger partial charge in [0.2, 0.25) is 5.88 Å². The minimum absolute atomic E-state index is 0.383. The van der Waals surface area contributed by atoms with Crippen LogP contribution >= 0.6 is 0 Å². The third kappa shape index (κ3) is 2.74. The highest BCUT2D eigenvalue weighted by Gasteiger charge is 2.38. The van der Waals surface area contributed by atoms with Crippen molar-refractivity contribution in [1.29, 1.82) is 5.26 Å². The Bertz CT molecular complexity index is 1230. The summed E-state index contributed by atoms with van der Waals surface area (Å²) in [6, 6.07) is 25.6. The highest BCUT2D eigenvalue weighted by molar-refractivity contribution is 5.75. The molecule has 2 aromatic heterocycles. The van der Waals surface area contributed by atoms with Gasteiger partial charge in [-0.1, -0.05) is 48.5 Å². The molecular weight excluding hydrogens is 362 g/mol. The van der Waals surface area contributed by atoms with E-state index >= 15 is 0 Å². The van der Waals surface area contributed by atoms with Crippen molar-refractivity contribution in [2.24, 2.45) is 0 Å². The van der Waals surface area contributed by atoms with Crippen molar-refractivity contribution < 1.29 is 9.15 Å². The minimum atomic E-state index is -0.383. The van der Waals surface area contributed by atoms with Crippen LogP contribution in [-0.4, -0.2) is 9.78 Å². The van der Waals surface area contributed by atoms with Crippen molar-refractivity contribution >= 4 is 5.76 Å². The van der Waals surface area contributed by atoms with Gasteiger partial charge in [-0.2, -0.15) is 10.4 Å². The molecular formula is C24H17N3O2. The Balaban J connectivity index is 1.79. The number of hydrogen-bond donors (Lipinski definition) is 0. The van der Waals surface area contributed by atoms with Gasteiger partial charge in [-0.05, 0) is 31.2 Å². The third-order valence-electron chi connectivity index (χ3n) is 5.07. The van der Waals surface area contributed by atoms with Gasteiger partial charge in [0.15, 0.2) is 5.76 Å². The van der Waals surface area contributed by atoms with Crippen LogP contribution < -0.4 is 4.74 Å². The normalized spacial score (nSPS) is 15.5. The maximum Gasteiger partial charge on any atom is 0.227 e. The predicted octanol–water partition coefficient (Wildman–Crippen LogP) is 5.23. The van der Waals surface area contributed by atoms with Crippen LogP contribution in [0.3, 0.4) is 0 Å². The van der Waals surface area contributed by atoms with E-state index in [1.54, 1.807) is 10.9 Å². The molecule has 5 rings (SSSR count). The SMILES string of the molecule is Cc1nn(-c2ccccc2)c2c1C(c1ccco1)C(C#N)=C(c1ccccc1)O2. The zero-order chi connectivity index (χ0) is 19.8. The van der Waals surface area contributed by atoms with E-state index < -0.39 is 0 Å². The van der Waals surface area contributed by atoms with E-state index in [1.165, 1.54) is 0 Å². The Hall–Kier alpha value is -4.04. The maximum absolute atomic E-state index is 10.1. The van der Waals surface area contributed by atoms with Crippen molar-refractivity contribution in [1.82, 2.24) is 9.78 Å². The molecule has 4 aromatic rings. The predicted molar refractivity (Wildman–Crippen MR) is 108 cm³/mol. The van der Waals surface area contributed by atoms with Gasteiger partial charge >= 0.3 is 0 Å². The molecule has 1 aliphatic heterocycles. The van der Waals surface area contributed by atoms with E-state index in [4.69, 9.17) is 14.3 Å². The lowest BCUT2D eigenvalue weighted by molar-refractivity contribution is 0.435. The number of aromatic nitrogens is 2. The molecule has 2 aromatic carbocycles. The molecule has 1 atom stereocenters. The summed E-state index contributed by atoms with van der Waals surface area (Å²) in [5, 5.41) is 14.8. The Labute approximate surface area is 168 Å². The summed E-state index contributed by atoms with van der Waals surface area (Å²) in [6.07, 6.45) is 1.62. The summed E-state index contributed by atoms with van der Waals surface area (Å²) < 4.78 is 13.9. The van der Waals surface area contributed by atoms with Crippen LogP contribution in [0, 0.1) is 18.3 Å². The van der Waals surface area contributed by atoms with Gasteiger partial charge in [0.1, 0.15) is 5.76 Å². The first kappa shape index (κ1) is 17.1. The Morgan fingerprint density at radius 2 is 1.69 bits per heavy atom. The number of para-hydroxylation sites is 1. The smallest absolute Gasteiger partial charge is 0.227 e. The monoisotopic (exact) mass is 379 g/mol. The standard InChI is InChI=1S/C24H17N3O2/c1-16-21-22(20-13-8-14-28-20)19(15-25)23(17-9-4-2-5-10-17)29-24(21)27(26-16)18-11-6-3-7-12-18/h2-14,22H,1H3. The summed E-state index contributed by atoms with van der Waals surface area (Å²) in [7, 11) is 0. The molecule has 0 spiro atoms. The third-order valence-corrected chi connectivity index (χ3v) is 5.07. The van der Waals surface area contributed by atoms with Crippen molar-refractivity contribution in [3.05, 3.63) is 107 Å². The highest BCUT2D eigenvalue weighted by Crippen LogP contribution is 2.47. The van der Waals surface area contributed by atoms with E-state index in [2.05, 4.69) is 6.07 Å². The molecule has 5 nitrogen and oxygen atoms in total. The van der Waals surface area contributed by atoms with Crippen molar-refractivity contribution in [3.63, 3.8) is 0 Å². The number of ether oxygens (including phenoxy) is 1. The summed E-state index contributed by atoms with van der Waals surface area (Å²) >= 11 is 0. The number of aryl methyl sites for hydroxylation is 1. The second kappa shape index (κ2) is 6.84. The van der Waals surface area contributed by atoms with Gasteiger partial charge < -0.3 is 9.15 Å². The fourth-order valence-corrected chi connectivity index (χ4v) is 3.78. The quantitative estimate of drug-likeness (QED) is 0.489. The second-order valence-corrected chi connectivity index (χ2v) is 6.82. The number of rotatable bonds is 3. The van der Waals surface area contributed by atoms with Gasteiger partial charge in [-0.25, -0.2) is 4.68 Å². The fourth-order valence-electron chi connectivity index (χ4n) is 3.78. The van der Waals surface area contributed by atoms with Gasteiger partial charge in [0, 0.05) is 5.56 Å². The van der Waals surface area contributed by atoms with E-state index in [1.807, 2.05) is 79.7 Å². The molecule has 1 aliphatic rings. The van der Waals surface area contributed by atoms with Crippen LogP contribution in [0.2, 0.25) is 0 Å². The first-order valence-electron chi connectivity index (χ1n) is 9.34. The lowest BCUT2D eigenvalue weighted by atomic mass is 9.86. The Morgan fingerprint density at radius 3 is 2.34 bits per heavy atom. The number of nitrogens with zero attached hydrogens (tertiary/aromatic N) is 3. The molecule has 0 saturated heterocycles. The molecule has 140 valence electrons. The molecule has 0 saturated carbocycles. The van der Waals surface area contributed by atoms with Crippen LogP contribution in [0.5, 0.6) is 5.88 Å². The average Bonchev–Trinajstić information content (AvgIpc) is 3.42. The first-order valence-corrected chi connectivity index (χ1v) is 9.34. The number of benzene rings is 2. The van der Waals surface area contributed by atoms with Crippen LogP contribution in [0.4, 0.5) is 0 Å².